The van der Waals surface area contributed by atoms with Gasteiger partial charge in [0.15, 0.2) is 0 Å². The number of anilines is 1. The van der Waals surface area contributed by atoms with E-state index < -0.39 is 0 Å². The second-order valence-corrected chi connectivity index (χ2v) is 8.34. The van der Waals surface area contributed by atoms with Gasteiger partial charge < -0.3 is 0 Å². The Balaban J connectivity index is 1.90. The molecule has 138 valence electrons. The van der Waals surface area contributed by atoms with Gasteiger partial charge in [-0.2, -0.15) is 0 Å². The van der Waals surface area contributed by atoms with E-state index in [9.17, 15) is 4.79 Å². The van der Waals surface area contributed by atoms with E-state index >= 15 is 0 Å². The van der Waals surface area contributed by atoms with Crippen LogP contribution in [0.3, 0.4) is 0 Å². The molecule has 1 atom stereocenters. The summed E-state index contributed by atoms with van der Waals surface area (Å²) in [7, 11) is 0. The van der Waals surface area contributed by atoms with Crippen LogP contribution in [0.1, 0.15) is 6.92 Å². The first kappa shape index (κ1) is 18.8. The molecule has 2 aromatic heterocycles. The van der Waals surface area contributed by atoms with Gasteiger partial charge in [0.25, 0.3) is 0 Å². The molecule has 28 heavy (non-hydrogen) atoms. The van der Waals surface area contributed by atoms with Gasteiger partial charge in [0, 0.05) is 0 Å². The SMILES string of the molecule is CC(=O)Nc1ccc(-c2cc(-c3cccc(Br)c3)c3c([AsH2])ncnc3n2)cc1. The molecule has 0 spiro atoms. The first-order chi connectivity index (χ1) is 13.5. The normalized spacial score (nSPS) is 10.8. The molecule has 5 nitrogen and oxygen atoms in total. The van der Waals surface area contributed by atoms with Crippen LogP contribution in [0.4, 0.5) is 5.69 Å². The third-order valence-electron chi connectivity index (χ3n) is 4.27. The molecule has 0 radical (unpaired) electrons. The van der Waals surface area contributed by atoms with Crippen LogP contribution in [0.15, 0.2) is 65.4 Å². The summed E-state index contributed by atoms with van der Waals surface area (Å²) in [5.74, 6) is -0.0948. The molecule has 7 heteroatoms. The number of aromatic nitrogens is 3. The van der Waals surface area contributed by atoms with Gasteiger partial charge in [-0.25, -0.2) is 0 Å². The second kappa shape index (κ2) is 7.82. The van der Waals surface area contributed by atoms with Crippen LogP contribution in [0.25, 0.3) is 33.4 Å². The summed E-state index contributed by atoms with van der Waals surface area (Å²) in [6.45, 7) is 1.49. The van der Waals surface area contributed by atoms with E-state index in [0.29, 0.717) is 5.65 Å². The Bertz CT molecular complexity index is 1190. The van der Waals surface area contributed by atoms with Gasteiger partial charge in [0.1, 0.15) is 0 Å². The van der Waals surface area contributed by atoms with Crippen molar-refractivity contribution in [2.75, 3.05) is 5.32 Å². The molecule has 1 amide bonds. The molecule has 1 unspecified atom stereocenters. The molecule has 1 N–H and O–H groups in total. The van der Waals surface area contributed by atoms with Gasteiger partial charge in [-0.15, -0.1) is 0 Å². The summed E-state index contributed by atoms with van der Waals surface area (Å²) in [4.78, 5) is 24.8. The standard InChI is InChI=1S/C21H16AsBrN4O/c1-12(28)26-16-7-5-13(6-8-16)18-10-17(14-3-2-4-15(23)9-14)19-20(22)24-11-25-21(19)27-18/h2-11H,22H2,1H3,(H,26,28). The van der Waals surface area contributed by atoms with Gasteiger partial charge in [0.2, 0.25) is 0 Å². The molecule has 4 rings (SSSR count). The van der Waals surface area contributed by atoms with Crippen molar-refractivity contribution in [3.8, 4) is 22.4 Å². The van der Waals surface area contributed by atoms with E-state index in [2.05, 4.69) is 49.4 Å². The molecule has 0 aliphatic rings. The maximum atomic E-state index is 11.2. The molecule has 4 aromatic rings. The zero-order chi connectivity index (χ0) is 19.7. The molecular formula is C21H16AsBrN4O. The quantitative estimate of drug-likeness (QED) is 0.443. The zero-order valence-corrected chi connectivity index (χ0v) is 19.0. The summed E-state index contributed by atoms with van der Waals surface area (Å²) in [5.41, 5.74) is 5.33. The number of carbonyl (C=O) groups is 1. The van der Waals surface area contributed by atoms with E-state index in [1.165, 1.54) is 23.8 Å². The average molecular weight is 495 g/mol. The number of fused-ring (bicyclic) bond motifs is 1. The van der Waals surface area contributed by atoms with Crippen LogP contribution in [0, 0.1) is 0 Å². The van der Waals surface area contributed by atoms with Crippen molar-refractivity contribution in [2.45, 2.75) is 6.92 Å². The van der Waals surface area contributed by atoms with Crippen molar-refractivity contribution in [3.63, 3.8) is 0 Å². The predicted octanol–water partition coefficient (Wildman–Crippen LogP) is 3.34. The van der Waals surface area contributed by atoms with Crippen LogP contribution in [0.2, 0.25) is 0 Å². The fraction of sp³-hybridized carbons (Fsp3) is 0.0476. The monoisotopic (exact) mass is 494 g/mol. The van der Waals surface area contributed by atoms with Crippen LogP contribution in [0.5, 0.6) is 0 Å². The van der Waals surface area contributed by atoms with Crippen molar-refractivity contribution in [1.29, 1.82) is 0 Å². The number of halogens is 1. The minimum atomic E-state index is -0.0948. The van der Waals surface area contributed by atoms with Crippen molar-refractivity contribution in [2.24, 2.45) is 0 Å². The van der Waals surface area contributed by atoms with Crippen molar-refractivity contribution >= 4 is 59.9 Å². The summed E-state index contributed by atoms with van der Waals surface area (Å²) in [6, 6.07) is 17.9. The van der Waals surface area contributed by atoms with Gasteiger partial charge in [-0.05, 0) is 0 Å². The van der Waals surface area contributed by atoms with Crippen molar-refractivity contribution < 1.29 is 4.79 Å². The van der Waals surface area contributed by atoms with Gasteiger partial charge in [-0.1, -0.05) is 0 Å². The fourth-order valence-electron chi connectivity index (χ4n) is 3.05. The predicted molar refractivity (Wildman–Crippen MR) is 118 cm³/mol. The Hall–Kier alpha value is -2.56. The van der Waals surface area contributed by atoms with E-state index in [1.807, 2.05) is 36.4 Å². The summed E-state index contributed by atoms with van der Waals surface area (Å²) >= 11 is 5.00. The number of carbonyl (C=O) groups excluding carboxylic acids is 1. The summed E-state index contributed by atoms with van der Waals surface area (Å²) < 4.78 is 1.96. The molecule has 0 bridgehead atoms. The Morgan fingerprint density at radius 3 is 2.54 bits per heavy atom. The molecule has 2 aromatic carbocycles. The van der Waals surface area contributed by atoms with Crippen LogP contribution in [-0.2, 0) is 4.79 Å². The average Bonchev–Trinajstić information content (AvgIpc) is 2.67. The molecule has 0 saturated heterocycles. The molecule has 0 fully saturated rings. The Morgan fingerprint density at radius 2 is 1.82 bits per heavy atom. The number of rotatable bonds is 3. The first-order valence-electron chi connectivity index (χ1n) is 8.56. The Morgan fingerprint density at radius 1 is 1.04 bits per heavy atom. The third kappa shape index (κ3) is 3.84. The maximum absolute atomic E-state index is 11.2. The third-order valence-corrected chi connectivity index (χ3v) is 5.68. The van der Waals surface area contributed by atoms with Gasteiger partial charge in [0.05, 0.1) is 0 Å². The number of hydrogen-bond acceptors (Lipinski definition) is 4. The van der Waals surface area contributed by atoms with Gasteiger partial charge >= 0.3 is 180 Å². The fourth-order valence-corrected chi connectivity index (χ4v) is 4.18. The van der Waals surface area contributed by atoms with Crippen LogP contribution < -0.4 is 9.80 Å². The number of hydrogen-bond donors (Lipinski definition) is 1. The van der Waals surface area contributed by atoms with Crippen molar-refractivity contribution in [3.05, 3.63) is 65.4 Å². The van der Waals surface area contributed by atoms with Crippen LogP contribution in [-0.4, -0.2) is 37.7 Å². The van der Waals surface area contributed by atoms with E-state index in [4.69, 9.17) is 4.98 Å². The molecule has 0 aliphatic heterocycles. The number of benzene rings is 2. The van der Waals surface area contributed by atoms with E-state index in [1.54, 1.807) is 6.33 Å². The summed E-state index contributed by atoms with van der Waals surface area (Å²) in [5, 5.41) is 3.75. The van der Waals surface area contributed by atoms with Crippen molar-refractivity contribution in [1.82, 2.24) is 15.0 Å². The molecule has 0 saturated carbocycles. The Labute approximate surface area is 179 Å². The number of amides is 1. The minimum absolute atomic E-state index is 0.0948. The topological polar surface area (TPSA) is 67.8 Å². The van der Waals surface area contributed by atoms with Crippen LogP contribution >= 0.6 is 15.9 Å². The molecule has 0 aliphatic carbocycles. The number of pyridine rings is 1. The number of nitrogens with zero attached hydrogens (tertiary/aromatic N) is 3. The van der Waals surface area contributed by atoms with Gasteiger partial charge in [-0.3, -0.25) is 0 Å². The first-order valence-corrected chi connectivity index (χ1v) is 10.6. The van der Waals surface area contributed by atoms with E-state index in [-0.39, 0.29) is 5.91 Å². The number of nitrogens with one attached hydrogen (secondary N) is 1. The molecule has 2 heterocycles. The summed E-state index contributed by atoms with van der Waals surface area (Å²) in [6.07, 6.45) is 1.56. The second-order valence-electron chi connectivity index (χ2n) is 6.28. The zero-order valence-electron chi connectivity index (χ0n) is 15.0. The molecular weight excluding hydrogens is 479 g/mol. The van der Waals surface area contributed by atoms with E-state index in [0.717, 1.165) is 42.4 Å². The Kier molecular flexibility index (Phi) is 5.25.